The number of nitrogens with two attached hydrogens (primary N) is 1. The number of ether oxygens (including phenoxy) is 1. The van der Waals surface area contributed by atoms with Gasteiger partial charge in [-0.3, -0.25) is 4.79 Å². The van der Waals surface area contributed by atoms with Crippen molar-refractivity contribution in [2.45, 2.75) is 51.3 Å². The molecule has 0 bridgehead atoms. The summed E-state index contributed by atoms with van der Waals surface area (Å²) in [5, 5.41) is 2.79. The third-order valence-corrected chi connectivity index (χ3v) is 4.21. The van der Waals surface area contributed by atoms with Crippen LogP contribution in [0.2, 0.25) is 0 Å². The summed E-state index contributed by atoms with van der Waals surface area (Å²) in [5.41, 5.74) is 6.21. The molecule has 1 aliphatic carbocycles. The van der Waals surface area contributed by atoms with Crippen molar-refractivity contribution < 1.29 is 18.3 Å². The summed E-state index contributed by atoms with van der Waals surface area (Å²) in [6, 6.07) is 6.44. The van der Waals surface area contributed by atoms with Gasteiger partial charge in [0.05, 0.1) is 5.92 Å². The Kier molecular flexibility index (Phi) is 5.34. The number of halogens is 2. The summed E-state index contributed by atoms with van der Waals surface area (Å²) in [5.74, 6) is -0.294. The molecule has 1 fully saturated rings. The van der Waals surface area contributed by atoms with Crippen LogP contribution in [0.15, 0.2) is 24.3 Å². The number of hydrogen-bond acceptors (Lipinski definition) is 3. The highest BCUT2D eigenvalue weighted by Gasteiger charge is 2.37. The second-order valence-electron chi connectivity index (χ2n) is 6.01. The van der Waals surface area contributed by atoms with Gasteiger partial charge < -0.3 is 15.8 Å². The highest BCUT2D eigenvalue weighted by molar-refractivity contribution is 5.80. The maximum Gasteiger partial charge on any atom is 0.387 e. The molecule has 1 aromatic carbocycles. The molecule has 2 atom stereocenters. The van der Waals surface area contributed by atoms with E-state index in [4.69, 9.17) is 5.73 Å². The Morgan fingerprint density at radius 1 is 1.45 bits per heavy atom. The Morgan fingerprint density at radius 3 is 2.86 bits per heavy atom. The van der Waals surface area contributed by atoms with Crippen LogP contribution >= 0.6 is 0 Å². The Morgan fingerprint density at radius 2 is 2.18 bits per heavy atom. The molecule has 2 unspecified atom stereocenters. The minimum atomic E-state index is -2.89. The largest absolute Gasteiger partial charge is 0.434 e. The highest BCUT2D eigenvalue weighted by Crippen LogP contribution is 2.31. The van der Waals surface area contributed by atoms with Crippen molar-refractivity contribution in [3.05, 3.63) is 29.8 Å². The Balaban J connectivity index is 1.99. The van der Waals surface area contributed by atoms with Crippen LogP contribution in [0, 0.1) is 5.92 Å². The van der Waals surface area contributed by atoms with Gasteiger partial charge in [-0.15, -0.1) is 0 Å². The minimum absolute atomic E-state index is 0.0805. The van der Waals surface area contributed by atoms with Crippen molar-refractivity contribution in [1.29, 1.82) is 0 Å². The van der Waals surface area contributed by atoms with Gasteiger partial charge in [-0.2, -0.15) is 8.78 Å². The molecule has 122 valence electrons. The third kappa shape index (κ3) is 4.16. The average Bonchev–Trinajstić information content (AvgIpc) is 2.45. The first-order valence-corrected chi connectivity index (χ1v) is 7.49. The van der Waals surface area contributed by atoms with E-state index in [-0.39, 0.29) is 24.1 Å². The number of nitrogens with one attached hydrogen (secondary N) is 1. The molecule has 0 spiro atoms. The van der Waals surface area contributed by atoms with Crippen LogP contribution in [-0.4, -0.2) is 18.1 Å². The second-order valence-corrected chi connectivity index (χ2v) is 6.01. The number of carbonyl (C=O) groups excluding carboxylic acids is 1. The van der Waals surface area contributed by atoms with Crippen molar-refractivity contribution >= 4 is 5.91 Å². The fraction of sp³-hybridized carbons (Fsp3) is 0.562. The van der Waals surface area contributed by atoms with E-state index in [1.165, 1.54) is 6.07 Å². The Labute approximate surface area is 129 Å². The molecule has 22 heavy (non-hydrogen) atoms. The van der Waals surface area contributed by atoms with Gasteiger partial charge in [-0.25, -0.2) is 0 Å². The Hall–Kier alpha value is -1.69. The second kappa shape index (κ2) is 7.05. The van der Waals surface area contributed by atoms with Crippen LogP contribution in [0.4, 0.5) is 8.78 Å². The van der Waals surface area contributed by atoms with Gasteiger partial charge in [0.15, 0.2) is 0 Å². The van der Waals surface area contributed by atoms with Crippen molar-refractivity contribution in [3.8, 4) is 5.75 Å². The molecule has 0 heterocycles. The van der Waals surface area contributed by atoms with E-state index in [9.17, 15) is 13.6 Å². The lowest BCUT2D eigenvalue weighted by Crippen LogP contribution is -2.52. The van der Waals surface area contributed by atoms with E-state index in [0.717, 1.165) is 25.7 Å². The van der Waals surface area contributed by atoms with Crippen LogP contribution in [-0.2, 0) is 11.3 Å². The number of para-hydroxylation sites is 1. The van der Waals surface area contributed by atoms with Crippen molar-refractivity contribution in [2.24, 2.45) is 11.7 Å². The number of carbonyl (C=O) groups is 1. The topological polar surface area (TPSA) is 64.4 Å². The lowest BCUT2D eigenvalue weighted by atomic mass is 9.74. The first-order chi connectivity index (χ1) is 10.4. The van der Waals surface area contributed by atoms with Crippen LogP contribution in [0.3, 0.4) is 0 Å². The number of alkyl halides is 2. The number of benzene rings is 1. The third-order valence-electron chi connectivity index (χ3n) is 4.21. The van der Waals surface area contributed by atoms with E-state index < -0.39 is 12.2 Å². The van der Waals surface area contributed by atoms with Crippen molar-refractivity contribution in [3.63, 3.8) is 0 Å². The van der Waals surface area contributed by atoms with Gasteiger partial charge in [0.1, 0.15) is 5.75 Å². The van der Waals surface area contributed by atoms with Crippen LogP contribution in [0.25, 0.3) is 0 Å². The summed E-state index contributed by atoms with van der Waals surface area (Å²) in [4.78, 5) is 12.3. The SMILES string of the molecule is CC1(N)CCCCC1C(=O)NCc1ccccc1OC(F)F. The molecule has 0 saturated heterocycles. The molecule has 4 nitrogen and oxygen atoms in total. The zero-order valence-electron chi connectivity index (χ0n) is 12.6. The smallest absolute Gasteiger partial charge is 0.387 e. The van der Waals surface area contributed by atoms with E-state index in [1.807, 2.05) is 6.92 Å². The molecule has 0 aromatic heterocycles. The van der Waals surface area contributed by atoms with Gasteiger partial charge in [-0.1, -0.05) is 31.0 Å². The summed E-state index contributed by atoms with van der Waals surface area (Å²) >= 11 is 0. The number of amides is 1. The van der Waals surface area contributed by atoms with Crippen LogP contribution < -0.4 is 15.8 Å². The van der Waals surface area contributed by atoms with Gasteiger partial charge in [0.2, 0.25) is 5.91 Å². The normalized spacial score (nSPS) is 25.0. The molecular formula is C16H22F2N2O2. The van der Waals surface area contributed by atoms with Crippen molar-refractivity contribution in [1.82, 2.24) is 5.32 Å². The van der Waals surface area contributed by atoms with E-state index in [0.29, 0.717) is 5.56 Å². The van der Waals surface area contributed by atoms with Gasteiger partial charge in [0, 0.05) is 17.6 Å². The number of rotatable bonds is 5. The molecule has 1 amide bonds. The predicted octanol–water partition coefficient (Wildman–Crippen LogP) is 2.81. The van der Waals surface area contributed by atoms with Gasteiger partial charge >= 0.3 is 6.61 Å². The van der Waals surface area contributed by atoms with Crippen molar-refractivity contribution in [2.75, 3.05) is 0 Å². The lowest BCUT2D eigenvalue weighted by Gasteiger charge is -2.37. The molecule has 1 saturated carbocycles. The standard InChI is InChI=1S/C16H22F2N2O2/c1-16(19)9-5-4-7-12(16)14(21)20-10-11-6-2-3-8-13(11)22-15(17)18/h2-3,6,8,12,15H,4-5,7,9-10,19H2,1H3,(H,20,21). The summed E-state index contributed by atoms with van der Waals surface area (Å²) in [6.07, 6.45) is 3.59. The maximum absolute atomic E-state index is 12.4. The van der Waals surface area contributed by atoms with E-state index in [1.54, 1.807) is 18.2 Å². The van der Waals surface area contributed by atoms with E-state index in [2.05, 4.69) is 10.1 Å². The molecule has 3 N–H and O–H groups in total. The van der Waals surface area contributed by atoms with Gasteiger partial charge in [0.25, 0.3) is 0 Å². The molecule has 2 rings (SSSR count). The maximum atomic E-state index is 12.4. The summed E-state index contributed by atoms with van der Waals surface area (Å²) < 4.78 is 29.2. The predicted molar refractivity (Wildman–Crippen MR) is 79.5 cm³/mol. The fourth-order valence-corrected chi connectivity index (χ4v) is 2.96. The quantitative estimate of drug-likeness (QED) is 0.878. The lowest BCUT2D eigenvalue weighted by molar-refractivity contribution is -0.128. The van der Waals surface area contributed by atoms with E-state index >= 15 is 0 Å². The minimum Gasteiger partial charge on any atom is -0.434 e. The first kappa shape index (κ1) is 16.7. The van der Waals surface area contributed by atoms with Crippen LogP contribution in [0.1, 0.15) is 38.2 Å². The first-order valence-electron chi connectivity index (χ1n) is 7.49. The molecule has 1 aliphatic rings. The van der Waals surface area contributed by atoms with Crippen LogP contribution in [0.5, 0.6) is 5.75 Å². The van der Waals surface area contributed by atoms with Gasteiger partial charge in [-0.05, 0) is 25.8 Å². The molecule has 0 radical (unpaired) electrons. The Bertz CT molecular complexity index is 521. The molecule has 0 aliphatic heterocycles. The molecule has 1 aromatic rings. The average molecular weight is 312 g/mol. The zero-order valence-corrected chi connectivity index (χ0v) is 12.6. The molecule has 6 heteroatoms. The number of hydrogen-bond donors (Lipinski definition) is 2. The summed E-state index contributed by atoms with van der Waals surface area (Å²) in [7, 11) is 0. The fourth-order valence-electron chi connectivity index (χ4n) is 2.96. The monoisotopic (exact) mass is 312 g/mol. The summed E-state index contributed by atoms with van der Waals surface area (Å²) in [6.45, 7) is -0.846. The zero-order chi connectivity index (χ0) is 16.2. The molecular weight excluding hydrogens is 290 g/mol. The highest BCUT2D eigenvalue weighted by atomic mass is 19.3.